The second-order valence-corrected chi connectivity index (χ2v) is 8.30. The number of nitrogens with one attached hydrogen (secondary N) is 1. The number of nitrogens with zero attached hydrogens (tertiary/aromatic N) is 2. The molecule has 1 N–H and O–H groups in total. The number of carbonyl (C=O) groups excluding carboxylic acids is 2. The molecule has 2 amide bonds. The SMILES string of the molecule is O=C(Nc1ccc(N2CCCC2)c(C(=O)N2CCCC2)c1)c1ccc(Br)cc1. The van der Waals surface area contributed by atoms with Gasteiger partial charge in [-0.25, -0.2) is 0 Å². The highest BCUT2D eigenvalue weighted by molar-refractivity contribution is 9.10. The van der Waals surface area contributed by atoms with Crippen LogP contribution in [-0.4, -0.2) is 42.9 Å². The molecular weight excluding hydrogens is 418 g/mol. The average molecular weight is 442 g/mol. The molecule has 5 nitrogen and oxygen atoms in total. The Labute approximate surface area is 173 Å². The van der Waals surface area contributed by atoms with Gasteiger partial charge in [-0.2, -0.15) is 0 Å². The first-order chi connectivity index (χ1) is 13.6. The lowest BCUT2D eigenvalue weighted by Gasteiger charge is -2.24. The highest BCUT2D eigenvalue weighted by Crippen LogP contribution is 2.29. The molecule has 4 rings (SSSR count). The van der Waals surface area contributed by atoms with Crippen LogP contribution in [0.1, 0.15) is 46.4 Å². The van der Waals surface area contributed by atoms with E-state index < -0.39 is 0 Å². The first-order valence-corrected chi connectivity index (χ1v) is 10.7. The lowest BCUT2D eigenvalue weighted by molar-refractivity contribution is 0.0793. The molecule has 2 aliphatic heterocycles. The van der Waals surface area contributed by atoms with E-state index in [4.69, 9.17) is 0 Å². The van der Waals surface area contributed by atoms with Crippen molar-refractivity contribution in [2.24, 2.45) is 0 Å². The Bertz CT molecular complexity index is 870. The number of hydrogen-bond donors (Lipinski definition) is 1. The van der Waals surface area contributed by atoms with Crippen LogP contribution in [0.4, 0.5) is 11.4 Å². The van der Waals surface area contributed by atoms with Crippen molar-refractivity contribution in [1.82, 2.24) is 4.90 Å². The van der Waals surface area contributed by atoms with Crippen LogP contribution in [0.2, 0.25) is 0 Å². The van der Waals surface area contributed by atoms with Crippen molar-refractivity contribution in [2.75, 3.05) is 36.4 Å². The molecule has 2 saturated heterocycles. The monoisotopic (exact) mass is 441 g/mol. The highest BCUT2D eigenvalue weighted by atomic mass is 79.9. The van der Waals surface area contributed by atoms with E-state index in [2.05, 4.69) is 26.1 Å². The highest BCUT2D eigenvalue weighted by Gasteiger charge is 2.25. The Morgan fingerprint density at radius 2 is 1.50 bits per heavy atom. The fourth-order valence-corrected chi connectivity index (χ4v) is 4.18. The van der Waals surface area contributed by atoms with Gasteiger partial charge in [-0.3, -0.25) is 9.59 Å². The summed E-state index contributed by atoms with van der Waals surface area (Å²) in [4.78, 5) is 29.9. The summed E-state index contributed by atoms with van der Waals surface area (Å²) in [6.45, 7) is 3.58. The molecule has 0 atom stereocenters. The van der Waals surface area contributed by atoms with Gasteiger partial charge in [-0.05, 0) is 68.1 Å². The third-order valence-corrected chi connectivity index (χ3v) is 5.96. The molecule has 0 aliphatic carbocycles. The van der Waals surface area contributed by atoms with Crippen molar-refractivity contribution in [3.8, 4) is 0 Å². The third-order valence-electron chi connectivity index (χ3n) is 5.43. The molecule has 0 bridgehead atoms. The van der Waals surface area contributed by atoms with E-state index in [1.807, 2.05) is 35.2 Å². The van der Waals surface area contributed by atoms with E-state index in [1.54, 1.807) is 12.1 Å². The predicted octanol–water partition coefficient (Wildman–Crippen LogP) is 4.54. The number of carbonyl (C=O) groups is 2. The van der Waals surface area contributed by atoms with Gasteiger partial charge < -0.3 is 15.1 Å². The lowest BCUT2D eigenvalue weighted by atomic mass is 10.1. The Balaban J connectivity index is 1.61. The van der Waals surface area contributed by atoms with Crippen LogP contribution in [0.15, 0.2) is 46.9 Å². The van der Waals surface area contributed by atoms with Crippen molar-refractivity contribution in [2.45, 2.75) is 25.7 Å². The lowest BCUT2D eigenvalue weighted by Crippen LogP contribution is -2.30. The molecule has 2 fully saturated rings. The van der Waals surface area contributed by atoms with Crippen LogP contribution in [-0.2, 0) is 0 Å². The quantitative estimate of drug-likeness (QED) is 0.757. The normalized spacial score (nSPS) is 16.5. The standard InChI is InChI=1S/C22H24BrN3O2/c23-17-7-5-16(6-8-17)21(27)24-18-9-10-20(25-11-1-2-12-25)19(15-18)22(28)26-13-3-4-14-26/h5-10,15H,1-4,11-14H2,(H,24,27). The number of likely N-dealkylation sites (tertiary alicyclic amines) is 1. The summed E-state index contributed by atoms with van der Waals surface area (Å²) >= 11 is 3.38. The maximum Gasteiger partial charge on any atom is 0.256 e. The second kappa shape index (κ2) is 8.35. The number of halogens is 1. The minimum absolute atomic E-state index is 0.0686. The molecular formula is C22H24BrN3O2. The van der Waals surface area contributed by atoms with Crippen LogP contribution >= 0.6 is 15.9 Å². The van der Waals surface area contributed by atoms with Crippen molar-refractivity contribution in [3.05, 3.63) is 58.1 Å². The van der Waals surface area contributed by atoms with E-state index in [9.17, 15) is 9.59 Å². The number of benzene rings is 2. The molecule has 146 valence electrons. The maximum atomic E-state index is 13.2. The van der Waals surface area contributed by atoms with E-state index in [0.717, 1.165) is 62.0 Å². The minimum atomic E-state index is -0.180. The molecule has 0 aromatic heterocycles. The molecule has 28 heavy (non-hydrogen) atoms. The van der Waals surface area contributed by atoms with E-state index in [1.165, 1.54) is 0 Å². The van der Waals surface area contributed by atoms with Gasteiger partial charge in [0, 0.05) is 47.6 Å². The zero-order valence-corrected chi connectivity index (χ0v) is 17.4. The van der Waals surface area contributed by atoms with Crippen molar-refractivity contribution >= 4 is 39.1 Å². The first-order valence-electron chi connectivity index (χ1n) is 9.87. The zero-order valence-electron chi connectivity index (χ0n) is 15.8. The Hall–Kier alpha value is -2.34. The van der Waals surface area contributed by atoms with Crippen LogP contribution in [0.3, 0.4) is 0 Å². The predicted molar refractivity (Wildman–Crippen MR) is 115 cm³/mol. The molecule has 0 radical (unpaired) electrons. The van der Waals surface area contributed by atoms with E-state index in [-0.39, 0.29) is 11.8 Å². The molecule has 0 saturated carbocycles. The van der Waals surface area contributed by atoms with E-state index in [0.29, 0.717) is 16.8 Å². The summed E-state index contributed by atoms with van der Waals surface area (Å²) in [5, 5.41) is 2.94. The van der Waals surface area contributed by atoms with E-state index >= 15 is 0 Å². The summed E-state index contributed by atoms with van der Waals surface area (Å²) in [6, 6.07) is 12.9. The zero-order chi connectivity index (χ0) is 19.5. The van der Waals surface area contributed by atoms with Crippen molar-refractivity contribution in [3.63, 3.8) is 0 Å². The van der Waals surface area contributed by atoms with Gasteiger partial charge in [-0.15, -0.1) is 0 Å². The Kier molecular flexibility index (Phi) is 5.67. The van der Waals surface area contributed by atoms with Crippen molar-refractivity contribution < 1.29 is 9.59 Å². The summed E-state index contributed by atoms with van der Waals surface area (Å²) in [5.74, 6) is -0.111. The van der Waals surface area contributed by atoms with Gasteiger partial charge in [0.05, 0.1) is 5.56 Å². The number of hydrogen-bond acceptors (Lipinski definition) is 3. The summed E-state index contributed by atoms with van der Waals surface area (Å²) in [5.41, 5.74) is 2.91. The second-order valence-electron chi connectivity index (χ2n) is 7.39. The first kappa shape index (κ1) is 19.0. The van der Waals surface area contributed by atoms with Crippen molar-refractivity contribution in [1.29, 1.82) is 0 Å². The Morgan fingerprint density at radius 1 is 0.857 bits per heavy atom. The van der Waals surface area contributed by atoms with Crippen LogP contribution in [0.5, 0.6) is 0 Å². The molecule has 2 aromatic rings. The topological polar surface area (TPSA) is 52.7 Å². The average Bonchev–Trinajstić information content (AvgIpc) is 3.42. The maximum absolute atomic E-state index is 13.2. The van der Waals surface area contributed by atoms with Crippen LogP contribution < -0.4 is 10.2 Å². The molecule has 6 heteroatoms. The molecule has 0 spiro atoms. The molecule has 2 aliphatic rings. The van der Waals surface area contributed by atoms with Gasteiger partial charge in [-0.1, -0.05) is 15.9 Å². The summed E-state index contributed by atoms with van der Waals surface area (Å²) in [7, 11) is 0. The van der Waals surface area contributed by atoms with Gasteiger partial charge in [0.2, 0.25) is 0 Å². The molecule has 2 heterocycles. The number of anilines is 2. The van der Waals surface area contributed by atoms with Gasteiger partial charge in [0.15, 0.2) is 0 Å². The van der Waals surface area contributed by atoms with Gasteiger partial charge in [0.25, 0.3) is 11.8 Å². The fourth-order valence-electron chi connectivity index (χ4n) is 3.91. The number of amides is 2. The number of rotatable bonds is 4. The van der Waals surface area contributed by atoms with Gasteiger partial charge >= 0.3 is 0 Å². The minimum Gasteiger partial charge on any atom is -0.371 e. The molecule has 0 unspecified atom stereocenters. The summed E-state index contributed by atoms with van der Waals surface area (Å²) in [6.07, 6.45) is 4.42. The third kappa shape index (κ3) is 4.07. The summed E-state index contributed by atoms with van der Waals surface area (Å²) < 4.78 is 0.928. The van der Waals surface area contributed by atoms with Crippen LogP contribution in [0, 0.1) is 0 Å². The largest absolute Gasteiger partial charge is 0.371 e. The smallest absolute Gasteiger partial charge is 0.256 e. The molecule has 2 aromatic carbocycles. The van der Waals surface area contributed by atoms with Crippen LogP contribution in [0.25, 0.3) is 0 Å². The Morgan fingerprint density at radius 3 is 2.18 bits per heavy atom. The van der Waals surface area contributed by atoms with Gasteiger partial charge in [0.1, 0.15) is 0 Å². The fraction of sp³-hybridized carbons (Fsp3) is 0.364.